The van der Waals surface area contributed by atoms with Gasteiger partial charge in [-0.3, -0.25) is 9.69 Å². The number of aliphatic imine (C=N–C) groups is 1. The van der Waals surface area contributed by atoms with Crippen LogP contribution in [-0.4, -0.2) is 62.5 Å². The molecule has 1 amide bonds. The molecule has 0 aromatic heterocycles. The van der Waals surface area contributed by atoms with Crippen molar-refractivity contribution in [2.24, 2.45) is 4.99 Å². The second kappa shape index (κ2) is 10.6. The van der Waals surface area contributed by atoms with Gasteiger partial charge < -0.3 is 19.3 Å². The fraction of sp³-hybridized carbons (Fsp3) is 0.429. The maximum atomic E-state index is 14.0. The summed E-state index contributed by atoms with van der Waals surface area (Å²) in [5.74, 6) is 0.893. The van der Waals surface area contributed by atoms with E-state index in [1.807, 2.05) is 24.1 Å². The van der Waals surface area contributed by atoms with Crippen molar-refractivity contribution in [1.82, 2.24) is 4.90 Å². The van der Waals surface area contributed by atoms with Gasteiger partial charge in [-0.25, -0.2) is 4.99 Å². The Hall–Kier alpha value is -2.62. The first kappa shape index (κ1) is 24.7. The van der Waals surface area contributed by atoms with E-state index in [2.05, 4.69) is 40.1 Å². The molecule has 9 heteroatoms. The van der Waals surface area contributed by atoms with Crippen LogP contribution in [0.3, 0.4) is 0 Å². The monoisotopic (exact) mass is 536 g/mol. The van der Waals surface area contributed by atoms with Crippen molar-refractivity contribution in [2.45, 2.75) is 43.0 Å². The molecule has 0 spiro atoms. The molecule has 2 aromatic rings. The maximum Gasteiger partial charge on any atom is 0.269 e. The Morgan fingerprint density at radius 1 is 1.00 bits per heavy atom. The average Bonchev–Trinajstić information content (AvgIpc) is 3.45. The highest BCUT2D eigenvalue weighted by atomic mass is 32.2. The summed E-state index contributed by atoms with van der Waals surface area (Å²) < 4.78 is 10.9. The minimum Gasteiger partial charge on any atom is -0.497 e. The molecule has 2 aromatic carbocycles. The zero-order chi connectivity index (χ0) is 25.4. The number of thioether (sulfide) groups is 2. The Morgan fingerprint density at radius 2 is 1.76 bits per heavy atom. The van der Waals surface area contributed by atoms with E-state index in [1.165, 1.54) is 23.9 Å². The molecule has 0 bridgehead atoms. The quantitative estimate of drug-likeness (QED) is 0.455. The number of amides is 1. The number of morpholine rings is 1. The first-order valence-electron chi connectivity index (χ1n) is 13.0. The number of carbonyl (C=O) groups excluding carboxylic acids is 1. The van der Waals surface area contributed by atoms with Crippen LogP contribution < -0.4 is 14.5 Å². The summed E-state index contributed by atoms with van der Waals surface area (Å²) in [6.07, 6.45) is 5.62. The average molecular weight is 537 g/mol. The van der Waals surface area contributed by atoms with Crippen LogP contribution >= 0.6 is 23.5 Å². The molecule has 3 heterocycles. The number of hydrogen-bond donors (Lipinski definition) is 0. The van der Waals surface area contributed by atoms with Crippen molar-refractivity contribution in [3.63, 3.8) is 0 Å². The first-order chi connectivity index (χ1) is 18.1. The Balaban J connectivity index is 1.32. The van der Waals surface area contributed by atoms with E-state index in [0.717, 1.165) is 89.1 Å². The zero-order valence-electron chi connectivity index (χ0n) is 21.3. The van der Waals surface area contributed by atoms with E-state index in [1.54, 1.807) is 18.9 Å². The summed E-state index contributed by atoms with van der Waals surface area (Å²) >= 11 is 3.16. The lowest BCUT2D eigenvalue weighted by Gasteiger charge is -2.30. The number of anilines is 2. The van der Waals surface area contributed by atoms with Gasteiger partial charge in [0.25, 0.3) is 5.91 Å². The standard InChI is InChI=1S/C28H32N4O3S2/c1-30-23-18-22(34-2)12-13-24(23)36-27(30)25-26(33)32(21-6-4-3-5-7-21)28(37-25)29-19-8-10-20(11-9-19)31-14-16-35-17-15-31/h8-13,18,21H,3-7,14-17H2,1-2H3/b27-25-,29-28?. The van der Waals surface area contributed by atoms with Gasteiger partial charge in [0.1, 0.15) is 10.7 Å². The Labute approximate surface area is 226 Å². The van der Waals surface area contributed by atoms with Crippen LogP contribution in [0.5, 0.6) is 5.75 Å². The van der Waals surface area contributed by atoms with Gasteiger partial charge in [-0.15, -0.1) is 0 Å². The van der Waals surface area contributed by atoms with Gasteiger partial charge in [0.05, 0.1) is 36.7 Å². The van der Waals surface area contributed by atoms with Gasteiger partial charge in [0, 0.05) is 42.8 Å². The normalized spacial score (nSPS) is 23.8. The molecule has 2 saturated heterocycles. The molecule has 0 unspecified atom stereocenters. The smallest absolute Gasteiger partial charge is 0.269 e. The first-order valence-corrected chi connectivity index (χ1v) is 14.6. The van der Waals surface area contributed by atoms with E-state index in [0.29, 0.717) is 0 Å². The summed E-state index contributed by atoms with van der Waals surface area (Å²) in [7, 11) is 3.71. The molecule has 0 N–H and O–H groups in total. The number of ether oxygens (including phenoxy) is 2. The number of hydrogen-bond acceptors (Lipinski definition) is 8. The topological polar surface area (TPSA) is 57.6 Å². The minimum absolute atomic E-state index is 0.0784. The highest BCUT2D eigenvalue weighted by Gasteiger charge is 2.42. The van der Waals surface area contributed by atoms with E-state index >= 15 is 0 Å². The molecular weight excluding hydrogens is 504 g/mol. The van der Waals surface area contributed by atoms with Gasteiger partial charge in [-0.1, -0.05) is 31.0 Å². The second-order valence-electron chi connectivity index (χ2n) is 9.71. The lowest BCUT2D eigenvalue weighted by molar-refractivity contribution is -0.124. The number of carbonyl (C=O) groups is 1. The summed E-state index contributed by atoms with van der Waals surface area (Å²) in [6.45, 7) is 3.34. The molecular formula is C28H32N4O3S2. The predicted molar refractivity (Wildman–Crippen MR) is 152 cm³/mol. The van der Waals surface area contributed by atoms with E-state index < -0.39 is 0 Å². The molecule has 37 heavy (non-hydrogen) atoms. The third kappa shape index (κ3) is 4.84. The summed E-state index contributed by atoms with van der Waals surface area (Å²) in [6, 6.07) is 14.6. The highest BCUT2D eigenvalue weighted by Crippen LogP contribution is 2.51. The number of nitrogens with zero attached hydrogens (tertiary/aromatic N) is 4. The molecule has 1 aliphatic carbocycles. The SMILES string of the molecule is COc1ccc2c(c1)N(C)/C(=C1/SC(=Nc3ccc(N4CCOCC4)cc3)N(C3CCCCC3)C1=O)S2. The molecule has 0 atom stereocenters. The fourth-order valence-electron chi connectivity index (χ4n) is 5.38. The van der Waals surface area contributed by atoms with Crippen molar-refractivity contribution in [1.29, 1.82) is 0 Å². The maximum absolute atomic E-state index is 14.0. The Morgan fingerprint density at radius 3 is 2.49 bits per heavy atom. The Bertz CT molecular complexity index is 1230. The van der Waals surface area contributed by atoms with Crippen LogP contribution in [0.25, 0.3) is 0 Å². The third-order valence-electron chi connectivity index (χ3n) is 7.44. The number of benzene rings is 2. The zero-order valence-corrected chi connectivity index (χ0v) is 22.9. The van der Waals surface area contributed by atoms with Crippen LogP contribution in [0.4, 0.5) is 17.1 Å². The van der Waals surface area contributed by atoms with Crippen LogP contribution in [-0.2, 0) is 9.53 Å². The van der Waals surface area contributed by atoms with Gasteiger partial charge >= 0.3 is 0 Å². The number of rotatable bonds is 4. The predicted octanol–water partition coefficient (Wildman–Crippen LogP) is 5.84. The van der Waals surface area contributed by atoms with Crippen molar-refractivity contribution in [2.75, 3.05) is 50.3 Å². The number of fused-ring (bicyclic) bond motifs is 1. The molecule has 0 radical (unpaired) electrons. The van der Waals surface area contributed by atoms with Crippen LogP contribution in [0.15, 0.2) is 62.3 Å². The molecule has 1 saturated carbocycles. The molecule has 3 fully saturated rings. The van der Waals surface area contributed by atoms with Crippen molar-refractivity contribution in [3.8, 4) is 5.75 Å². The largest absolute Gasteiger partial charge is 0.497 e. The van der Waals surface area contributed by atoms with Crippen LogP contribution in [0, 0.1) is 0 Å². The Kier molecular flexibility index (Phi) is 7.10. The van der Waals surface area contributed by atoms with Crippen molar-refractivity contribution < 1.29 is 14.3 Å². The van der Waals surface area contributed by atoms with Gasteiger partial charge in [0.2, 0.25) is 0 Å². The van der Waals surface area contributed by atoms with E-state index in [4.69, 9.17) is 14.5 Å². The molecule has 7 nitrogen and oxygen atoms in total. The molecule has 3 aliphatic heterocycles. The summed E-state index contributed by atoms with van der Waals surface area (Å²) in [5.41, 5.74) is 3.12. The van der Waals surface area contributed by atoms with Gasteiger partial charge in [-0.05, 0) is 61.0 Å². The van der Waals surface area contributed by atoms with Crippen molar-refractivity contribution in [3.05, 3.63) is 52.4 Å². The van der Waals surface area contributed by atoms with Crippen LogP contribution in [0.1, 0.15) is 32.1 Å². The lowest BCUT2D eigenvalue weighted by Crippen LogP contribution is -2.40. The third-order valence-corrected chi connectivity index (χ3v) is 9.84. The van der Waals surface area contributed by atoms with Gasteiger partial charge in [-0.2, -0.15) is 0 Å². The molecule has 194 valence electrons. The molecule has 6 rings (SSSR count). The second-order valence-corrected chi connectivity index (χ2v) is 11.7. The number of methoxy groups -OCH3 is 1. The molecule has 4 aliphatic rings. The van der Waals surface area contributed by atoms with Crippen molar-refractivity contribution >= 4 is 51.7 Å². The minimum atomic E-state index is 0.0784. The fourth-order valence-corrected chi connectivity index (χ4v) is 7.76. The van der Waals surface area contributed by atoms with Crippen LogP contribution in [0.2, 0.25) is 0 Å². The van der Waals surface area contributed by atoms with E-state index in [-0.39, 0.29) is 11.9 Å². The summed E-state index contributed by atoms with van der Waals surface area (Å²) in [5, 5.41) is 1.76. The van der Waals surface area contributed by atoms with Gasteiger partial charge in [0.15, 0.2) is 5.17 Å². The van der Waals surface area contributed by atoms with E-state index in [9.17, 15) is 4.79 Å². The summed E-state index contributed by atoms with van der Waals surface area (Å²) in [4.78, 5) is 27.3. The highest BCUT2D eigenvalue weighted by molar-refractivity contribution is 8.19. The number of amidine groups is 1. The lowest BCUT2D eigenvalue weighted by atomic mass is 9.94.